The van der Waals surface area contributed by atoms with Crippen LogP contribution >= 0.6 is 0 Å². The first kappa shape index (κ1) is 23.7. The molecule has 178 valence electrons. The van der Waals surface area contributed by atoms with Gasteiger partial charge >= 0.3 is 0 Å². The third kappa shape index (κ3) is 4.75. The van der Waals surface area contributed by atoms with E-state index in [2.05, 4.69) is 40.4 Å². The van der Waals surface area contributed by atoms with Crippen molar-refractivity contribution in [1.29, 1.82) is 0 Å². The van der Waals surface area contributed by atoms with Crippen molar-refractivity contribution in [1.82, 2.24) is 14.7 Å². The van der Waals surface area contributed by atoms with E-state index in [4.69, 9.17) is 4.74 Å². The first-order valence-corrected chi connectivity index (χ1v) is 12.6. The van der Waals surface area contributed by atoms with Crippen molar-refractivity contribution in [2.24, 2.45) is 5.92 Å². The van der Waals surface area contributed by atoms with E-state index in [-0.39, 0.29) is 22.0 Å². The molecular formula is C25H28N4O4S. The summed E-state index contributed by atoms with van der Waals surface area (Å²) in [5, 5.41) is -0.314. The van der Waals surface area contributed by atoms with Crippen molar-refractivity contribution in [2.45, 2.75) is 44.7 Å². The van der Waals surface area contributed by atoms with Crippen LogP contribution in [0.5, 0.6) is 11.6 Å². The second-order valence-corrected chi connectivity index (χ2v) is 10.7. The van der Waals surface area contributed by atoms with Crippen LogP contribution in [-0.2, 0) is 10.0 Å². The van der Waals surface area contributed by atoms with Crippen LogP contribution in [-0.4, -0.2) is 36.4 Å². The highest BCUT2D eigenvalue weighted by Gasteiger charge is 2.40. The number of anilines is 1. The highest BCUT2D eigenvalue weighted by Crippen LogP contribution is 2.38. The molecule has 1 aliphatic heterocycles. The van der Waals surface area contributed by atoms with Gasteiger partial charge in [0.2, 0.25) is 5.88 Å². The smallest absolute Gasteiger partial charge is 0.281 e. The number of carbonyl (C=O) groups is 1. The van der Waals surface area contributed by atoms with E-state index in [9.17, 15) is 13.2 Å². The quantitative estimate of drug-likeness (QED) is 0.561. The number of ether oxygens (including phenoxy) is 1. The van der Waals surface area contributed by atoms with Crippen LogP contribution in [0.25, 0.3) is 0 Å². The van der Waals surface area contributed by atoms with Crippen LogP contribution in [0.1, 0.15) is 43.1 Å². The maximum absolute atomic E-state index is 13.1. The van der Waals surface area contributed by atoms with E-state index >= 15 is 0 Å². The lowest BCUT2D eigenvalue weighted by Gasteiger charge is -2.36. The maximum Gasteiger partial charge on any atom is 0.281 e. The molecule has 1 aliphatic rings. The third-order valence-electron chi connectivity index (χ3n) is 6.42. The molecule has 1 aromatic carbocycles. The molecular weight excluding hydrogens is 452 g/mol. The Kier molecular flexibility index (Phi) is 6.31. The van der Waals surface area contributed by atoms with Crippen LogP contribution < -0.4 is 14.4 Å². The Bertz CT molecular complexity index is 1310. The van der Waals surface area contributed by atoms with E-state index in [0.717, 1.165) is 18.5 Å². The Morgan fingerprint density at radius 1 is 1.12 bits per heavy atom. The van der Waals surface area contributed by atoms with Crippen LogP contribution in [0, 0.1) is 12.8 Å². The predicted octanol–water partition coefficient (Wildman–Crippen LogP) is 4.32. The van der Waals surface area contributed by atoms with Gasteiger partial charge in [0.15, 0.2) is 5.03 Å². The summed E-state index contributed by atoms with van der Waals surface area (Å²) < 4.78 is 33.8. The van der Waals surface area contributed by atoms with Gasteiger partial charge in [-0.1, -0.05) is 30.7 Å². The van der Waals surface area contributed by atoms with Gasteiger partial charge in [0.05, 0.1) is 5.56 Å². The van der Waals surface area contributed by atoms with Gasteiger partial charge in [0.1, 0.15) is 11.6 Å². The number of aryl methyl sites for hydroxylation is 1. The number of rotatable bonds is 6. The summed E-state index contributed by atoms with van der Waals surface area (Å²) in [5.41, 5.74) is 1.05. The van der Waals surface area contributed by atoms with Crippen molar-refractivity contribution >= 4 is 21.7 Å². The number of hydrogen-bond donors (Lipinski definition) is 1. The lowest BCUT2D eigenvalue weighted by Crippen LogP contribution is -2.43. The molecule has 9 heteroatoms. The summed E-state index contributed by atoms with van der Waals surface area (Å²) >= 11 is 0. The molecule has 1 atom stereocenters. The van der Waals surface area contributed by atoms with E-state index in [1.807, 2.05) is 19.1 Å². The summed E-state index contributed by atoms with van der Waals surface area (Å²) in [6, 6.07) is 14.9. The van der Waals surface area contributed by atoms with Crippen molar-refractivity contribution in [3.8, 4) is 11.6 Å². The zero-order valence-corrected chi connectivity index (χ0v) is 20.5. The average Bonchev–Trinajstić information content (AvgIpc) is 3.07. The van der Waals surface area contributed by atoms with Gasteiger partial charge in [-0.15, -0.1) is 0 Å². The Balaban J connectivity index is 1.57. The van der Waals surface area contributed by atoms with Crippen LogP contribution in [0.15, 0.2) is 65.8 Å². The standard InChI is InChI=1S/C25H28N4O4S/c1-17-10-12-19(13-11-17)33-21-8-5-9-22(27-21)34(31,32)28-24(30)20-7-6-15-26-23(20)29-16-14-18(2)25(29,3)4/h5-13,15,18H,14,16H2,1-4H3,(H,28,30). The number of carbonyl (C=O) groups excluding carboxylic acids is 1. The van der Waals surface area contributed by atoms with Gasteiger partial charge in [-0.25, -0.2) is 9.71 Å². The number of aromatic nitrogens is 2. The van der Waals surface area contributed by atoms with Crippen molar-refractivity contribution < 1.29 is 17.9 Å². The molecule has 1 amide bonds. The van der Waals surface area contributed by atoms with Crippen molar-refractivity contribution in [3.63, 3.8) is 0 Å². The lowest BCUT2D eigenvalue weighted by molar-refractivity contribution is 0.0981. The second kappa shape index (κ2) is 9.06. The minimum absolute atomic E-state index is 0.106. The first-order chi connectivity index (χ1) is 16.1. The summed E-state index contributed by atoms with van der Waals surface area (Å²) in [6.45, 7) is 9.04. The molecule has 0 radical (unpaired) electrons. The molecule has 34 heavy (non-hydrogen) atoms. The molecule has 1 saturated heterocycles. The Labute approximate surface area is 200 Å². The third-order valence-corrected chi connectivity index (χ3v) is 7.65. The average molecular weight is 481 g/mol. The van der Waals surface area contributed by atoms with Crippen molar-refractivity contribution in [2.75, 3.05) is 11.4 Å². The number of nitrogens with zero attached hydrogens (tertiary/aromatic N) is 3. The maximum atomic E-state index is 13.1. The molecule has 1 N–H and O–H groups in total. The van der Waals surface area contributed by atoms with E-state index in [1.165, 1.54) is 12.1 Å². The fourth-order valence-corrected chi connectivity index (χ4v) is 4.88. The monoisotopic (exact) mass is 480 g/mol. The molecule has 1 fully saturated rings. The fraction of sp³-hybridized carbons (Fsp3) is 0.320. The van der Waals surface area contributed by atoms with Crippen molar-refractivity contribution in [3.05, 3.63) is 71.9 Å². The molecule has 0 saturated carbocycles. The van der Waals surface area contributed by atoms with Gasteiger partial charge in [0, 0.05) is 24.3 Å². The Hall–Kier alpha value is -3.46. The second-order valence-electron chi connectivity index (χ2n) is 9.03. The topological polar surface area (TPSA) is 101 Å². The Morgan fingerprint density at radius 2 is 1.85 bits per heavy atom. The van der Waals surface area contributed by atoms with E-state index < -0.39 is 15.9 Å². The number of pyridine rings is 2. The van der Waals surface area contributed by atoms with Gasteiger partial charge in [0.25, 0.3) is 15.9 Å². The number of hydrogen-bond acceptors (Lipinski definition) is 7. The molecule has 8 nitrogen and oxygen atoms in total. The summed E-state index contributed by atoms with van der Waals surface area (Å²) in [5.74, 6) is 0.738. The minimum Gasteiger partial charge on any atom is -0.439 e. The zero-order valence-electron chi connectivity index (χ0n) is 19.6. The highest BCUT2D eigenvalue weighted by atomic mass is 32.2. The highest BCUT2D eigenvalue weighted by molar-refractivity contribution is 7.90. The molecule has 0 bridgehead atoms. The first-order valence-electron chi connectivity index (χ1n) is 11.1. The zero-order chi connectivity index (χ0) is 24.5. The summed E-state index contributed by atoms with van der Waals surface area (Å²) in [4.78, 5) is 23.7. The van der Waals surface area contributed by atoms with E-state index in [0.29, 0.717) is 17.5 Å². The summed E-state index contributed by atoms with van der Waals surface area (Å²) in [6.07, 6.45) is 2.56. The minimum atomic E-state index is -4.25. The fourth-order valence-electron chi connectivity index (χ4n) is 3.96. The SMILES string of the molecule is Cc1ccc(Oc2cccc(S(=O)(=O)NC(=O)c3cccnc3N3CCC(C)C3(C)C)n2)cc1. The molecule has 1 unspecified atom stereocenters. The largest absolute Gasteiger partial charge is 0.439 e. The Morgan fingerprint density at radius 3 is 2.53 bits per heavy atom. The van der Waals surface area contributed by atoms with E-state index in [1.54, 1.807) is 36.5 Å². The lowest BCUT2D eigenvalue weighted by atomic mass is 9.90. The molecule has 4 rings (SSSR count). The van der Waals surface area contributed by atoms with Gasteiger partial charge in [-0.3, -0.25) is 4.79 Å². The van der Waals surface area contributed by atoms with Gasteiger partial charge in [-0.05, 0) is 63.4 Å². The predicted molar refractivity (Wildman–Crippen MR) is 130 cm³/mol. The number of benzene rings is 1. The van der Waals surface area contributed by atoms with Crippen LogP contribution in [0.4, 0.5) is 5.82 Å². The molecule has 3 aromatic rings. The van der Waals surface area contributed by atoms with Crippen LogP contribution in [0.2, 0.25) is 0 Å². The van der Waals surface area contributed by atoms with Gasteiger partial charge in [-0.2, -0.15) is 13.4 Å². The normalized spacial score (nSPS) is 17.4. The molecule has 0 aliphatic carbocycles. The number of sulfonamides is 1. The van der Waals surface area contributed by atoms with Gasteiger partial charge < -0.3 is 9.64 Å². The molecule has 2 aromatic heterocycles. The molecule has 0 spiro atoms. The number of nitrogens with one attached hydrogen (secondary N) is 1. The number of amides is 1. The van der Waals surface area contributed by atoms with Crippen LogP contribution in [0.3, 0.4) is 0 Å². The molecule has 3 heterocycles. The summed E-state index contributed by atoms with van der Waals surface area (Å²) in [7, 11) is -4.25.